The van der Waals surface area contributed by atoms with Gasteiger partial charge in [0.25, 0.3) is 0 Å². The third-order valence-corrected chi connectivity index (χ3v) is 13.3. The van der Waals surface area contributed by atoms with Crippen LogP contribution in [0.5, 0.6) is 0 Å². The Bertz CT molecular complexity index is 1400. The lowest BCUT2D eigenvalue weighted by atomic mass is 10.1. The minimum Gasteiger partial charge on any atom is -0.462 e. The lowest BCUT2D eigenvalue weighted by Gasteiger charge is -2.18. The fourth-order valence-electron chi connectivity index (χ4n) is 8.63. The molecule has 0 radical (unpaired) electrons. The molecule has 0 fully saturated rings. The molecule has 6 nitrogen and oxygen atoms in total. The van der Waals surface area contributed by atoms with Gasteiger partial charge in [-0.05, 0) is 122 Å². The maximum atomic E-state index is 12.9. The van der Waals surface area contributed by atoms with E-state index in [0.717, 1.165) is 96.3 Å². The molecule has 73 heavy (non-hydrogen) atoms. The molecule has 0 aliphatic rings. The molecule has 0 spiro atoms. The fourth-order valence-corrected chi connectivity index (χ4v) is 8.63. The predicted molar refractivity (Wildman–Crippen MR) is 316 cm³/mol. The van der Waals surface area contributed by atoms with Crippen LogP contribution in [0, 0.1) is 0 Å². The molecular weight excluding hydrogens is 901 g/mol. The summed E-state index contributed by atoms with van der Waals surface area (Å²) in [7, 11) is 0. The van der Waals surface area contributed by atoms with Gasteiger partial charge in [-0.3, -0.25) is 14.4 Å². The Balaban J connectivity index is 4.45. The Hall–Kier alpha value is -3.41. The van der Waals surface area contributed by atoms with Crippen LogP contribution in [-0.4, -0.2) is 37.2 Å². The number of esters is 3. The van der Waals surface area contributed by atoms with Gasteiger partial charge in [0.15, 0.2) is 6.10 Å². The standard InChI is InChI=1S/C67H116O6/c1-4-7-10-13-16-19-22-25-28-31-33-36-39-42-45-48-51-54-57-60-66(69)72-63-64(62-71-65(68)59-56-53-50-47-44-41-38-35-30-27-24-21-18-15-12-9-6-3)73-67(70)61-58-55-52-49-46-43-40-37-34-32-29-26-23-20-17-14-11-8-5-2/h16,18-19,21,25-30,33,36,42,45,64H,4-15,17,20,22-24,31-32,34-35,37-41,43-44,46-63H2,1-3H3/b19-16-,21-18-,28-25-,29-26-,30-27-,36-33-,45-42-/t64-/m0/s1. The van der Waals surface area contributed by atoms with Crippen molar-refractivity contribution in [2.45, 2.75) is 309 Å². The van der Waals surface area contributed by atoms with Crippen LogP contribution in [0.15, 0.2) is 85.1 Å². The number of carbonyl (C=O) groups is 3. The zero-order chi connectivity index (χ0) is 52.9. The second-order valence-corrected chi connectivity index (χ2v) is 20.6. The first-order chi connectivity index (χ1) is 36.0. The molecular formula is C67H116O6. The normalized spacial score (nSPS) is 12.6. The van der Waals surface area contributed by atoms with E-state index >= 15 is 0 Å². The summed E-state index contributed by atoms with van der Waals surface area (Å²) in [5.41, 5.74) is 0. The molecule has 0 saturated heterocycles. The van der Waals surface area contributed by atoms with Gasteiger partial charge in [0, 0.05) is 19.3 Å². The third kappa shape index (κ3) is 59.3. The van der Waals surface area contributed by atoms with Gasteiger partial charge >= 0.3 is 17.9 Å². The van der Waals surface area contributed by atoms with Gasteiger partial charge in [0.1, 0.15) is 13.2 Å². The van der Waals surface area contributed by atoms with E-state index in [4.69, 9.17) is 14.2 Å². The molecule has 0 heterocycles. The number of rotatable bonds is 56. The van der Waals surface area contributed by atoms with Gasteiger partial charge in [-0.25, -0.2) is 0 Å². The molecule has 1 atom stereocenters. The molecule has 0 amide bonds. The minimum absolute atomic E-state index is 0.0912. The zero-order valence-electron chi connectivity index (χ0n) is 48.1. The number of allylic oxidation sites excluding steroid dienone is 14. The highest BCUT2D eigenvalue weighted by molar-refractivity contribution is 5.71. The van der Waals surface area contributed by atoms with E-state index in [-0.39, 0.29) is 31.1 Å². The van der Waals surface area contributed by atoms with Crippen molar-refractivity contribution in [3.63, 3.8) is 0 Å². The van der Waals surface area contributed by atoms with E-state index in [1.54, 1.807) is 0 Å². The number of carbonyl (C=O) groups excluding carboxylic acids is 3. The molecule has 420 valence electrons. The summed E-state index contributed by atoms with van der Waals surface area (Å²) in [5.74, 6) is -0.922. The van der Waals surface area contributed by atoms with Crippen LogP contribution in [0.4, 0.5) is 0 Å². The smallest absolute Gasteiger partial charge is 0.306 e. The summed E-state index contributed by atoms with van der Waals surface area (Å²) in [6, 6.07) is 0. The van der Waals surface area contributed by atoms with Crippen molar-refractivity contribution in [1.29, 1.82) is 0 Å². The van der Waals surface area contributed by atoms with Gasteiger partial charge in [0.2, 0.25) is 0 Å². The molecule has 6 heteroatoms. The first kappa shape index (κ1) is 69.6. The Morgan fingerprint density at radius 3 is 0.822 bits per heavy atom. The molecule has 0 unspecified atom stereocenters. The van der Waals surface area contributed by atoms with E-state index < -0.39 is 6.10 Å². The summed E-state index contributed by atoms with van der Waals surface area (Å²) in [6.07, 6.45) is 80.0. The maximum Gasteiger partial charge on any atom is 0.306 e. The molecule has 0 aromatic rings. The predicted octanol–water partition coefficient (Wildman–Crippen LogP) is 21.1. The average Bonchev–Trinajstić information content (AvgIpc) is 3.39. The van der Waals surface area contributed by atoms with Crippen LogP contribution in [0.25, 0.3) is 0 Å². The van der Waals surface area contributed by atoms with E-state index in [1.807, 2.05) is 0 Å². The molecule has 0 N–H and O–H groups in total. The highest BCUT2D eigenvalue weighted by Gasteiger charge is 2.19. The molecule has 0 aliphatic heterocycles. The minimum atomic E-state index is -0.796. The third-order valence-electron chi connectivity index (χ3n) is 13.3. The first-order valence-electron chi connectivity index (χ1n) is 31.1. The van der Waals surface area contributed by atoms with Crippen LogP contribution in [0.1, 0.15) is 303 Å². The molecule has 0 aromatic carbocycles. The molecule has 0 aromatic heterocycles. The number of unbranched alkanes of at least 4 members (excludes halogenated alkanes) is 31. The van der Waals surface area contributed by atoms with Crippen molar-refractivity contribution in [1.82, 2.24) is 0 Å². The van der Waals surface area contributed by atoms with Crippen LogP contribution in [0.2, 0.25) is 0 Å². The fraction of sp³-hybridized carbons (Fsp3) is 0.746. The van der Waals surface area contributed by atoms with Gasteiger partial charge in [-0.15, -0.1) is 0 Å². The van der Waals surface area contributed by atoms with Crippen molar-refractivity contribution >= 4 is 17.9 Å². The lowest BCUT2D eigenvalue weighted by molar-refractivity contribution is -0.167. The van der Waals surface area contributed by atoms with E-state index in [2.05, 4.69) is 106 Å². The highest BCUT2D eigenvalue weighted by Crippen LogP contribution is 2.15. The molecule has 0 saturated carbocycles. The monoisotopic (exact) mass is 1020 g/mol. The van der Waals surface area contributed by atoms with Crippen molar-refractivity contribution < 1.29 is 28.6 Å². The van der Waals surface area contributed by atoms with Crippen LogP contribution < -0.4 is 0 Å². The Morgan fingerprint density at radius 2 is 0.493 bits per heavy atom. The zero-order valence-corrected chi connectivity index (χ0v) is 48.1. The quantitative estimate of drug-likeness (QED) is 0.0261. The van der Waals surface area contributed by atoms with Gasteiger partial charge in [0.05, 0.1) is 0 Å². The van der Waals surface area contributed by atoms with Gasteiger partial charge < -0.3 is 14.2 Å². The maximum absolute atomic E-state index is 12.9. The Morgan fingerprint density at radius 1 is 0.274 bits per heavy atom. The summed E-state index contributed by atoms with van der Waals surface area (Å²) in [5, 5.41) is 0. The van der Waals surface area contributed by atoms with Crippen LogP contribution in [-0.2, 0) is 28.6 Å². The van der Waals surface area contributed by atoms with Crippen LogP contribution >= 0.6 is 0 Å². The molecule has 0 rings (SSSR count). The second kappa shape index (κ2) is 61.1. The van der Waals surface area contributed by atoms with Crippen molar-refractivity contribution in [3.8, 4) is 0 Å². The highest BCUT2D eigenvalue weighted by atomic mass is 16.6. The first-order valence-corrected chi connectivity index (χ1v) is 31.1. The Kier molecular flexibility index (Phi) is 58.3. The second-order valence-electron chi connectivity index (χ2n) is 20.6. The molecule has 0 bridgehead atoms. The average molecular weight is 1020 g/mol. The van der Waals surface area contributed by atoms with E-state index in [9.17, 15) is 14.4 Å². The van der Waals surface area contributed by atoms with Crippen molar-refractivity contribution in [2.75, 3.05) is 13.2 Å². The van der Waals surface area contributed by atoms with Gasteiger partial charge in [-0.2, -0.15) is 0 Å². The van der Waals surface area contributed by atoms with Crippen molar-refractivity contribution in [3.05, 3.63) is 85.1 Å². The lowest BCUT2D eigenvalue weighted by Crippen LogP contribution is -2.30. The summed E-state index contributed by atoms with van der Waals surface area (Å²) >= 11 is 0. The summed E-state index contributed by atoms with van der Waals surface area (Å²) in [4.78, 5) is 38.3. The number of hydrogen-bond donors (Lipinski definition) is 0. The number of hydrogen-bond acceptors (Lipinski definition) is 6. The van der Waals surface area contributed by atoms with Crippen LogP contribution in [0.3, 0.4) is 0 Å². The Labute approximate surface area is 452 Å². The summed E-state index contributed by atoms with van der Waals surface area (Å²) < 4.78 is 16.9. The topological polar surface area (TPSA) is 78.9 Å². The van der Waals surface area contributed by atoms with E-state index in [1.165, 1.54) is 167 Å². The summed E-state index contributed by atoms with van der Waals surface area (Å²) in [6.45, 7) is 6.57. The van der Waals surface area contributed by atoms with E-state index in [0.29, 0.717) is 19.3 Å². The van der Waals surface area contributed by atoms with Gasteiger partial charge in [-0.1, -0.05) is 247 Å². The number of ether oxygens (including phenoxy) is 3. The largest absolute Gasteiger partial charge is 0.462 e. The SMILES string of the molecule is CCCCC/C=C\C/C=C\C/C=C\C/C=C\CCCCCC(=O)OC[C@H](COC(=O)CCCCCCCCC/C=C\C/C=C\CCCCC)OC(=O)CCCCCCCCCCC/C=C\CCCCCCCC. The van der Waals surface area contributed by atoms with Crippen molar-refractivity contribution in [2.24, 2.45) is 0 Å². The molecule has 0 aliphatic carbocycles.